The third kappa shape index (κ3) is 3.19. The predicted octanol–water partition coefficient (Wildman–Crippen LogP) is 3.90. The normalized spacial score (nSPS) is 26.3. The number of carbonyl (C=O) groups is 1. The average molecular weight is 426 g/mol. The van der Waals surface area contributed by atoms with Gasteiger partial charge in [0.1, 0.15) is 0 Å². The fraction of sp³-hybridized carbons (Fsp3) is 0.375. The molecule has 1 aliphatic carbocycles. The zero-order valence-corrected chi connectivity index (χ0v) is 18.4. The van der Waals surface area contributed by atoms with Crippen molar-refractivity contribution in [3.63, 3.8) is 0 Å². The Hall–Kier alpha value is -2.44. The molecule has 1 heterocycles. The first-order chi connectivity index (χ1) is 14.3. The van der Waals surface area contributed by atoms with Crippen LogP contribution in [0, 0.1) is 24.2 Å². The van der Waals surface area contributed by atoms with Crippen molar-refractivity contribution in [3.05, 3.63) is 71.8 Å². The number of aryl methyl sites for hydroxylation is 1. The van der Waals surface area contributed by atoms with E-state index < -0.39 is 21.4 Å². The molecule has 2 aliphatic rings. The van der Waals surface area contributed by atoms with Gasteiger partial charge in [0.2, 0.25) is 10.0 Å². The van der Waals surface area contributed by atoms with E-state index in [1.165, 1.54) is 7.11 Å². The summed E-state index contributed by atoms with van der Waals surface area (Å²) in [5.41, 5.74) is 2.44. The van der Waals surface area contributed by atoms with Crippen molar-refractivity contribution in [2.45, 2.75) is 25.2 Å². The van der Waals surface area contributed by atoms with Crippen LogP contribution in [-0.2, 0) is 19.6 Å². The maximum atomic E-state index is 13.3. The van der Waals surface area contributed by atoms with Gasteiger partial charge < -0.3 is 4.74 Å². The molecular formula is C24H27NO4S. The number of benzene rings is 2. The van der Waals surface area contributed by atoms with Crippen LogP contribution in [0.4, 0.5) is 0 Å². The molecule has 0 bridgehead atoms. The van der Waals surface area contributed by atoms with Gasteiger partial charge in [-0.15, -0.1) is 0 Å². The number of rotatable bonds is 5. The van der Waals surface area contributed by atoms with Crippen LogP contribution in [0.3, 0.4) is 0 Å². The van der Waals surface area contributed by atoms with Crippen molar-refractivity contribution in [1.82, 2.24) is 4.31 Å². The van der Waals surface area contributed by atoms with Crippen molar-refractivity contribution >= 4 is 21.6 Å². The summed E-state index contributed by atoms with van der Waals surface area (Å²) >= 11 is 0. The number of methoxy groups -OCH3 is 1. The average Bonchev–Trinajstić information content (AvgIpc) is 3.28. The molecule has 0 N–H and O–H groups in total. The number of fused-ring (bicyclic) bond motifs is 1. The summed E-state index contributed by atoms with van der Waals surface area (Å²) in [4.78, 5) is 13.2. The van der Waals surface area contributed by atoms with Gasteiger partial charge >= 0.3 is 5.97 Å². The van der Waals surface area contributed by atoms with Crippen molar-refractivity contribution in [2.75, 3.05) is 20.2 Å². The highest BCUT2D eigenvalue weighted by molar-refractivity contribution is 7.89. The van der Waals surface area contributed by atoms with Gasteiger partial charge in [0.25, 0.3) is 0 Å². The van der Waals surface area contributed by atoms with Gasteiger partial charge in [-0.25, -0.2) is 8.42 Å². The number of sulfonamides is 1. The number of esters is 1. The van der Waals surface area contributed by atoms with E-state index >= 15 is 0 Å². The summed E-state index contributed by atoms with van der Waals surface area (Å²) in [6, 6.07) is 16.8. The van der Waals surface area contributed by atoms with E-state index in [1.807, 2.05) is 56.3 Å². The Balaban J connectivity index is 1.75. The second-order valence-corrected chi connectivity index (χ2v) is 10.2. The molecule has 2 aromatic carbocycles. The van der Waals surface area contributed by atoms with Gasteiger partial charge in [-0.2, -0.15) is 4.31 Å². The van der Waals surface area contributed by atoms with E-state index in [2.05, 4.69) is 6.08 Å². The predicted molar refractivity (Wildman–Crippen MR) is 116 cm³/mol. The summed E-state index contributed by atoms with van der Waals surface area (Å²) in [6.07, 6.45) is 2.79. The van der Waals surface area contributed by atoms with E-state index in [9.17, 15) is 13.2 Å². The minimum Gasteiger partial charge on any atom is -0.469 e. The number of hydrogen-bond acceptors (Lipinski definition) is 4. The Bertz CT molecular complexity index is 1080. The lowest BCUT2D eigenvalue weighted by Crippen LogP contribution is -2.40. The van der Waals surface area contributed by atoms with Crippen molar-refractivity contribution in [3.8, 4) is 0 Å². The molecule has 5 nitrogen and oxygen atoms in total. The van der Waals surface area contributed by atoms with Crippen molar-refractivity contribution in [2.24, 2.45) is 17.3 Å². The molecule has 0 unspecified atom stereocenters. The molecule has 4 rings (SSSR count). The minimum atomic E-state index is -3.63. The molecule has 30 heavy (non-hydrogen) atoms. The van der Waals surface area contributed by atoms with Crippen LogP contribution in [0.2, 0.25) is 0 Å². The van der Waals surface area contributed by atoms with Crippen molar-refractivity contribution < 1.29 is 17.9 Å². The topological polar surface area (TPSA) is 63.7 Å². The zero-order chi connectivity index (χ0) is 21.5. The quantitative estimate of drug-likeness (QED) is 0.682. The number of nitrogens with zero attached hydrogens (tertiary/aromatic N) is 1. The Morgan fingerprint density at radius 3 is 2.40 bits per heavy atom. The van der Waals surface area contributed by atoms with Gasteiger partial charge in [-0.05, 0) is 42.5 Å². The molecule has 0 spiro atoms. The lowest BCUT2D eigenvalue weighted by molar-refractivity contribution is -0.147. The molecule has 158 valence electrons. The lowest BCUT2D eigenvalue weighted by Gasteiger charge is -2.34. The fourth-order valence-corrected chi connectivity index (χ4v) is 6.60. The van der Waals surface area contributed by atoms with Gasteiger partial charge in [0.15, 0.2) is 0 Å². The smallest absolute Gasteiger partial charge is 0.313 e. The summed E-state index contributed by atoms with van der Waals surface area (Å²) in [5.74, 6) is -0.829. The Morgan fingerprint density at radius 1 is 1.13 bits per heavy atom. The summed E-state index contributed by atoms with van der Waals surface area (Å²) in [6.45, 7) is 4.64. The molecule has 1 saturated heterocycles. The second kappa shape index (κ2) is 7.67. The fourth-order valence-electron chi connectivity index (χ4n) is 5.05. The molecule has 0 saturated carbocycles. The zero-order valence-electron chi connectivity index (χ0n) is 17.5. The van der Waals surface area contributed by atoms with E-state index in [0.29, 0.717) is 24.4 Å². The first kappa shape index (κ1) is 20.8. The standard InChI is InChI=1S/C24H27NO4S/c1-4-24-16-25(30(27,28)20-12-10-17(2)11-13-20)15-19(24)14-21(22(24)23(26)29-3)18-8-6-5-7-9-18/h5-14,19,22H,4,15-16H2,1-3H3/t19-,22-,24+/m1/s1. The highest BCUT2D eigenvalue weighted by Gasteiger charge is 2.59. The lowest BCUT2D eigenvalue weighted by atomic mass is 9.69. The number of ether oxygens (including phenoxy) is 1. The van der Waals surface area contributed by atoms with Crippen LogP contribution in [0.25, 0.3) is 5.57 Å². The Kier molecular flexibility index (Phi) is 5.32. The van der Waals surface area contributed by atoms with Crippen LogP contribution in [0.5, 0.6) is 0 Å². The molecular weight excluding hydrogens is 398 g/mol. The molecule has 0 aromatic heterocycles. The molecule has 0 radical (unpaired) electrons. The van der Waals surface area contributed by atoms with E-state index in [-0.39, 0.29) is 11.9 Å². The third-order valence-corrected chi connectivity index (χ3v) is 8.56. The highest BCUT2D eigenvalue weighted by Crippen LogP contribution is 2.57. The van der Waals surface area contributed by atoms with Gasteiger partial charge in [-0.1, -0.05) is 61.0 Å². The van der Waals surface area contributed by atoms with E-state index in [1.54, 1.807) is 16.4 Å². The van der Waals surface area contributed by atoms with Crippen LogP contribution < -0.4 is 0 Å². The third-order valence-electron chi connectivity index (χ3n) is 6.74. The van der Waals surface area contributed by atoms with Crippen molar-refractivity contribution in [1.29, 1.82) is 0 Å². The summed E-state index contributed by atoms with van der Waals surface area (Å²) < 4.78 is 33.4. The first-order valence-corrected chi connectivity index (χ1v) is 11.7. The van der Waals surface area contributed by atoms with E-state index in [4.69, 9.17) is 4.74 Å². The molecule has 6 heteroatoms. The number of carbonyl (C=O) groups excluding carboxylic acids is 1. The maximum Gasteiger partial charge on any atom is 0.313 e. The summed E-state index contributed by atoms with van der Waals surface area (Å²) in [5, 5.41) is 0. The molecule has 3 atom stereocenters. The molecule has 0 amide bonds. The van der Waals surface area contributed by atoms with Crippen LogP contribution in [0.1, 0.15) is 24.5 Å². The maximum absolute atomic E-state index is 13.3. The van der Waals surface area contributed by atoms with Gasteiger partial charge in [-0.3, -0.25) is 4.79 Å². The Labute approximate surface area is 178 Å². The van der Waals surface area contributed by atoms with Crippen LogP contribution >= 0.6 is 0 Å². The largest absolute Gasteiger partial charge is 0.469 e. The van der Waals surface area contributed by atoms with E-state index in [0.717, 1.165) is 16.7 Å². The minimum absolute atomic E-state index is 0.0398. The Morgan fingerprint density at radius 2 is 1.80 bits per heavy atom. The van der Waals surface area contributed by atoms with Gasteiger partial charge in [0, 0.05) is 18.5 Å². The van der Waals surface area contributed by atoms with Gasteiger partial charge in [0.05, 0.1) is 17.9 Å². The summed E-state index contributed by atoms with van der Waals surface area (Å²) in [7, 11) is -2.23. The molecule has 1 aliphatic heterocycles. The number of hydrogen-bond donors (Lipinski definition) is 0. The monoisotopic (exact) mass is 425 g/mol. The first-order valence-electron chi connectivity index (χ1n) is 10.3. The molecule has 1 fully saturated rings. The SMILES string of the molecule is CC[C@]12CN(S(=O)(=O)c3ccc(C)cc3)C[C@H]1C=C(c1ccccc1)[C@@H]2C(=O)OC. The van der Waals surface area contributed by atoms with Crippen LogP contribution in [-0.4, -0.2) is 38.9 Å². The van der Waals surface area contributed by atoms with Crippen LogP contribution in [0.15, 0.2) is 65.6 Å². The molecule has 2 aromatic rings. The second-order valence-electron chi connectivity index (χ2n) is 8.25. The highest BCUT2D eigenvalue weighted by atomic mass is 32.2.